The monoisotopic (exact) mass is 539 g/mol. The molecule has 38 heavy (non-hydrogen) atoms. The summed E-state index contributed by atoms with van der Waals surface area (Å²) in [6.07, 6.45) is 4.86. The van der Waals surface area contributed by atoms with Crippen molar-refractivity contribution in [3.8, 4) is 0 Å². The zero-order chi connectivity index (χ0) is 26.6. The van der Waals surface area contributed by atoms with Crippen molar-refractivity contribution in [2.75, 3.05) is 79.1 Å². The van der Waals surface area contributed by atoms with Gasteiger partial charge in [0.1, 0.15) is 11.6 Å². The molecular weight excluding hydrogens is 506 g/mol. The third kappa shape index (κ3) is 5.99. The quantitative estimate of drug-likeness (QED) is 0.496. The summed E-state index contributed by atoms with van der Waals surface area (Å²) in [7, 11) is 1.85. The first kappa shape index (κ1) is 26.2. The van der Waals surface area contributed by atoms with Gasteiger partial charge in [0.25, 0.3) is 11.1 Å². The van der Waals surface area contributed by atoms with Crippen molar-refractivity contribution >= 4 is 52.5 Å². The van der Waals surface area contributed by atoms with E-state index in [-0.39, 0.29) is 6.61 Å². The number of aromatic nitrogens is 4. The van der Waals surface area contributed by atoms with Crippen LogP contribution in [0.5, 0.6) is 0 Å². The number of aliphatic hydroxyl groups is 1. The molecule has 2 aromatic rings. The van der Waals surface area contributed by atoms with Gasteiger partial charge in [0.15, 0.2) is 0 Å². The van der Waals surface area contributed by atoms with Gasteiger partial charge in [0, 0.05) is 70.7 Å². The molecule has 3 aliphatic rings. The largest absolute Gasteiger partial charge is 0.395 e. The Kier molecular flexibility index (Phi) is 7.93. The first-order valence-corrected chi connectivity index (χ1v) is 13.8. The molecule has 0 saturated carbocycles. The third-order valence-electron chi connectivity index (χ3n) is 6.79. The number of nitrogens with zero attached hydrogens (tertiary/aromatic N) is 8. The molecule has 2 amide bonds. The van der Waals surface area contributed by atoms with Crippen LogP contribution >= 0.6 is 11.8 Å². The number of aliphatic hydroxyl groups excluding tert-OH is 1. The molecule has 0 spiro atoms. The Bertz CT molecular complexity index is 1230. The Morgan fingerprint density at radius 3 is 2.37 bits per heavy atom. The molecule has 202 valence electrons. The molecule has 3 fully saturated rings. The minimum absolute atomic E-state index is 0.0184. The molecule has 2 aromatic heterocycles. The number of rotatable bonds is 7. The van der Waals surface area contributed by atoms with Crippen molar-refractivity contribution in [2.24, 2.45) is 0 Å². The van der Waals surface area contributed by atoms with Crippen molar-refractivity contribution in [1.82, 2.24) is 25.3 Å². The second-order valence-corrected chi connectivity index (χ2v) is 10.7. The van der Waals surface area contributed by atoms with Crippen LogP contribution in [0.4, 0.5) is 28.3 Å². The van der Waals surface area contributed by atoms with Crippen LogP contribution in [0.3, 0.4) is 0 Å². The number of amides is 2. The molecule has 0 atom stereocenters. The van der Waals surface area contributed by atoms with E-state index >= 15 is 0 Å². The average molecular weight is 540 g/mol. The minimum atomic E-state index is -0.427. The molecule has 0 radical (unpaired) electrons. The van der Waals surface area contributed by atoms with Gasteiger partial charge in [-0.25, -0.2) is 9.97 Å². The van der Waals surface area contributed by atoms with Crippen molar-refractivity contribution < 1.29 is 14.7 Å². The van der Waals surface area contributed by atoms with Crippen LogP contribution < -0.4 is 24.9 Å². The van der Waals surface area contributed by atoms with Gasteiger partial charge in [0.05, 0.1) is 17.2 Å². The maximum absolute atomic E-state index is 12.1. The molecule has 2 N–H and O–H groups in total. The fraction of sp³-hybridized carbons (Fsp3) is 0.520. The fourth-order valence-electron chi connectivity index (χ4n) is 4.77. The van der Waals surface area contributed by atoms with E-state index in [4.69, 9.17) is 15.0 Å². The lowest BCUT2D eigenvalue weighted by atomic mass is 10.3. The van der Waals surface area contributed by atoms with E-state index in [0.29, 0.717) is 35.5 Å². The van der Waals surface area contributed by atoms with Crippen molar-refractivity contribution in [3.63, 3.8) is 0 Å². The summed E-state index contributed by atoms with van der Waals surface area (Å²) in [6.45, 7) is 7.46. The lowest BCUT2D eigenvalue weighted by molar-refractivity contribution is -0.115. The summed E-state index contributed by atoms with van der Waals surface area (Å²) in [5.74, 6) is 2.51. The van der Waals surface area contributed by atoms with Gasteiger partial charge >= 0.3 is 0 Å². The highest BCUT2D eigenvalue weighted by Gasteiger charge is 2.26. The summed E-state index contributed by atoms with van der Waals surface area (Å²) >= 11 is 0.859. The van der Waals surface area contributed by atoms with Crippen molar-refractivity contribution in [2.45, 2.75) is 26.2 Å². The van der Waals surface area contributed by atoms with E-state index in [1.807, 2.05) is 24.9 Å². The summed E-state index contributed by atoms with van der Waals surface area (Å²) < 4.78 is 0. The number of aryl methyl sites for hydroxylation is 1. The predicted octanol–water partition coefficient (Wildman–Crippen LogP) is 1.64. The highest BCUT2D eigenvalue weighted by molar-refractivity contribution is 8.18. The van der Waals surface area contributed by atoms with E-state index in [2.05, 4.69) is 25.0 Å². The van der Waals surface area contributed by atoms with E-state index in [0.717, 1.165) is 68.4 Å². The van der Waals surface area contributed by atoms with Gasteiger partial charge in [-0.15, -0.1) is 0 Å². The van der Waals surface area contributed by atoms with Gasteiger partial charge in [-0.1, -0.05) is 0 Å². The summed E-state index contributed by atoms with van der Waals surface area (Å²) in [5, 5.41) is 11.3. The van der Waals surface area contributed by atoms with Crippen LogP contribution in [0, 0.1) is 6.92 Å². The Hall–Kier alpha value is -3.45. The van der Waals surface area contributed by atoms with Crippen LogP contribution in [-0.2, 0) is 4.79 Å². The van der Waals surface area contributed by atoms with Crippen molar-refractivity contribution in [3.05, 3.63) is 28.4 Å². The van der Waals surface area contributed by atoms with Crippen LogP contribution in [-0.4, -0.2) is 95.7 Å². The molecule has 3 saturated heterocycles. The van der Waals surface area contributed by atoms with E-state index in [1.165, 1.54) is 12.8 Å². The molecule has 3 aliphatic heterocycles. The highest BCUT2D eigenvalue weighted by atomic mass is 32.2. The van der Waals surface area contributed by atoms with Crippen LogP contribution in [0.25, 0.3) is 6.08 Å². The molecule has 13 heteroatoms. The first-order valence-electron chi connectivity index (χ1n) is 13.0. The number of hydrogen-bond donors (Lipinski definition) is 2. The lowest BCUT2D eigenvalue weighted by Crippen LogP contribution is -2.33. The van der Waals surface area contributed by atoms with E-state index < -0.39 is 11.1 Å². The molecule has 0 aromatic carbocycles. The van der Waals surface area contributed by atoms with Crippen LogP contribution in [0.1, 0.15) is 30.7 Å². The Morgan fingerprint density at radius 1 is 0.947 bits per heavy atom. The predicted molar refractivity (Wildman–Crippen MR) is 149 cm³/mol. The number of likely N-dealkylation sites (N-methyl/N-ethyl adjacent to an activating group) is 1. The average Bonchev–Trinajstić information content (AvgIpc) is 3.46. The highest BCUT2D eigenvalue weighted by Crippen LogP contribution is 2.28. The number of hydrogen-bond acceptors (Lipinski definition) is 12. The standard InChI is InChI=1S/C25H33N9O3S/c1-17-14-21(29-23(26-17)33-6-3-4-7-33)32-8-5-9-34(11-10-32)24-27-18(15-19-22(36)30-25(37)38-19)16-20(28-24)31(2)12-13-35/h14-16,35H,3-13H2,1-2H3,(H,30,36,37)/b19-15-. The summed E-state index contributed by atoms with van der Waals surface area (Å²) in [5.41, 5.74) is 1.50. The number of anilines is 4. The Labute approximate surface area is 226 Å². The third-order valence-corrected chi connectivity index (χ3v) is 7.60. The van der Waals surface area contributed by atoms with Gasteiger partial charge in [-0.2, -0.15) is 9.97 Å². The molecule has 0 bridgehead atoms. The molecule has 12 nitrogen and oxygen atoms in total. The van der Waals surface area contributed by atoms with Gasteiger partial charge in [-0.3, -0.25) is 14.9 Å². The topological polar surface area (TPSA) is 131 Å². The van der Waals surface area contributed by atoms with Gasteiger partial charge in [0.2, 0.25) is 11.9 Å². The van der Waals surface area contributed by atoms with E-state index in [9.17, 15) is 14.7 Å². The van der Waals surface area contributed by atoms with Gasteiger partial charge in [-0.05, 0) is 44.0 Å². The number of imide groups is 1. The number of carbonyl (C=O) groups is 2. The maximum atomic E-state index is 12.1. The zero-order valence-electron chi connectivity index (χ0n) is 21.8. The maximum Gasteiger partial charge on any atom is 0.290 e. The number of nitrogens with one attached hydrogen (secondary N) is 1. The van der Waals surface area contributed by atoms with Gasteiger partial charge < -0.3 is 24.7 Å². The Balaban J connectivity index is 1.38. The summed E-state index contributed by atoms with van der Waals surface area (Å²) in [4.78, 5) is 51.7. The molecular formula is C25H33N9O3S. The number of thioether (sulfide) groups is 1. The van der Waals surface area contributed by atoms with Crippen molar-refractivity contribution in [1.29, 1.82) is 0 Å². The minimum Gasteiger partial charge on any atom is -0.395 e. The normalized spacial score (nSPS) is 19.3. The molecule has 5 heterocycles. The van der Waals surface area contributed by atoms with Crippen LogP contribution in [0.2, 0.25) is 0 Å². The smallest absolute Gasteiger partial charge is 0.290 e. The lowest BCUT2D eigenvalue weighted by Gasteiger charge is -2.25. The fourth-order valence-corrected chi connectivity index (χ4v) is 5.44. The zero-order valence-corrected chi connectivity index (χ0v) is 22.6. The summed E-state index contributed by atoms with van der Waals surface area (Å²) in [6, 6.07) is 3.81. The SMILES string of the molecule is Cc1cc(N2CCCN(c3nc(/C=C4\SC(=O)NC4=O)cc(N(C)CCO)n3)CC2)nc(N2CCCC2)n1. The molecule has 5 rings (SSSR count). The first-order chi connectivity index (χ1) is 18.4. The molecule has 0 unspecified atom stereocenters. The second-order valence-electron chi connectivity index (χ2n) is 9.64. The Morgan fingerprint density at radius 2 is 1.63 bits per heavy atom. The van der Waals surface area contributed by atoms with Crippen LogP contribution in [0.15, 0.2) is 17.0 Å². The number of carbonyl (C=O) groups excluding carboxylic acids is 2. The van der Waals surface area contributed by atoms with E-state index in [1.54, 1.807) is 12.1 Å². The second kappa shape index (κ2) is 11.5. The molecule has 0 aliphatic carbocycles.